The Labute approximate surface area is 129 Å². The normalized spacial score (nSPS) is 11.2. The molecule has 0 unspecified atom stereocenters. The summed E-state index contributed by atoms with van der Waals surface area (Å²) in [4.78, 5) is 10.3. The van der Waals surface area contributed by atoms with Crippen molar-refractivity contribution in [3.8, 4) is 0 Å². The molecule has 1 aromatic heterocycles. The van der Waals surface area contributed by atoms with Crippen LogP contribution in [0.1, 0.15) is 12.5 Å². The van der Waals surface area contributed by atoms with Crippen molar-refractivity contribution in [1.29, 1.82) is 0 Å². The second-order valence-corrected chi connectivity index (χ2v) is 6.24. The fourth-order valence-electron chi connectivity index (χ4n) is 1.70. The van der Waals surface area contributed by atoms with Crippen molar-refractivity contribution < 1.29 is 8.42 Å². The molecule has 0 aliphatic carbocycles. The molecule has 0 saturated heterocycles. The Morgan fingerprint density at radius 1 is 1.14 bits per heavy atom. The summed E-state index contributed by atoms with van der Waals surface area (Å²) in [5.41, 5.74) is 9.59. The van der Waals surface area contributed by atoms with Crippen LogP contribution in [-0.2, 0) is 10.0 Å². The molecule has 0 saturated carbocycles. The third-order valence-corrected chi connectivity index (χ3v) is 4.13. The number of sulfonamides is 1. The lowest BCUT2D eigenvalue weighted by molar-refractivity contribution is 0.587. The van der Waals surface area contributed by atoms with E-state index in [1.165, 1.54) is 18.5 Å². The van der Waals surface area contributed by atoms with E-state index in [4.69, 9.17) is 5.73 Å². The first-order valence-electron chi connectivity index (χ1n) is 6.63. The lowest BCUT2D eigenvalue weighted by atomic mass is 10.2. The number of hydrogen-bond acceptors (Lipinski definition) is 7. The first-order chi connectivity index (χ1) is 10.4. The zero-order chi connectivity index (χ0) is 16.2. The van der Waals surface area contributed by atoms with Crippen LogP contribution in [0.2, 0.25) is 0 Å². The maximum atomic E-state index is 12.2. The van der Waals surface area contributed by atoms with Gasteiger partial charge in [-0.15, -0.1) is 4.83 Å². The third kappa shape index (κ3) is 3.62. The largest absolute Gasteiger partial charge is 0.393 e. The first kappa shape index (κ1) is 16.0. The number of nitrogens with one attached hydrogen (secondary N) is 3. The minimum atomic E-state index is -3.71. The van der Waals surface area contributed by atoms with E-state index in [1.54, 1.807) is 12.1 Å². The van der Waals surface area contributed by atoms with Crippen molar-refractivity contribution >= 4 is 27.3 Å². The highest BCUT2D eigenvalue weighted by Gasteiger charge is 2.15. The molecule has 0 amide bonds. The van der Waals surface area contributed by atoms with Crippen molar-refractivity contribution in [1.82, 2.24) is 14.8 Å². The van der Waals surface area contributed by atoms with Crippen LogP contribution in [0.3, 0.4) is 0 Å². The van der Waals surface area contributed by atoms with Crippen LogP contribution >= 0.6 is 0 Å². The SMILES string of the molecule is CCNc1ncnc(NNS(=O)(=O)c2ccc(C)cc2)c1N. The Morgan fingerprint density at radius 2 is 1.77 bits per heavy atom. The molecular weight excluding hydrogens is 304 g/mol. The van der Waals surface area contributed by atoms with Gasteiger partial charge < -0.3 is 11.1 Å². The summed E-state index contributed by atoms with van der Waals surface area (Å²) in [5.74, 6) is 0.621. The van der Waals surface area contributed by atoms with Crippen LogP contribution in [0.4, 0.5) is 17.3 Å². The molecule has 0 aliphatic heterocycles. The fourth-order valence-corrected chi connectivity index (χ4v) is 2.54. The van der Waals surface area contributed by atoms with E-state index in [1.807, 2.05) is 13.8 Å². The maximum Gasteiger partial charge on any atom is 0.257 e. The molecule has 0 radical (unpaired) electrons. The van der Waals surface area contributed by atoms with Gasteiger partial charge in [0, 0.05) is 6.54 Å². The lowest BCUT2D eigenvalue weighted by Crippen LogP contribution is -2.30. The van der Waals surface area contributed by atoms with Crippen molar-refractivity contribution in [2.75, 3.05) is 23.0 Å². The Balaban J connectivity index is 2.15. The zero-order valence-electron chi connectivity index (χ0n) is 12.3. The van der Waals surface area contributed by atoms with Crippen molar-refractivity contribution in [2.24, 2.45) is 0 Å². The third-order valence-electron chi connectivity index (χ3n) is 2.86. The summed E-state index contributed by atoms with van der Waals surface area (Å²) in [5, 5.41) is 2.96. The number of aromatic nitrogens is 2. The van der Waals surface area contributed by atoms with Crippen LogP contribution in [0, 0.1) is 6.92 Å². The van der Waals surface area contributed by atoms with E-state index in [9.17, 15) is 8.42 Å². The smallest absolute Gasteiger partial charge is 0.257 e. The molecule has 1 heterocycles. The van der Waals surface area contributed by atoms with Crippen molar-refractivity contribution in [3.05, 3.63) is 36.2 Å². The molecule has 5 N–H and O–H groups in total. The highest BCUT2D eigenvalue weighted by molar-refractivity contribution is 7.89. The minimum Gasteiger partial charge on any atom is -0.393 e. The molecule has 0 atom stereocenters. The van der Waals surface area contributed by atoms with Gasteiger partial charge in [-0.05, 0) is 26.0 Å². The fraction of sp³-hybridized carbons (Fsp3) is 0.231. The summed E-state index contributed by atoms with van der Waals surface area (Å²) >= 11 is 0. The molecule has 22 heavy (non-hydrogen) atoms. The van der Waals surface area contributed by atoms with Crippen LogP contribution in [0.25, 0.3) is 0 Å². The summed E-state index contributed by atoms with van der Waals surface area (Å²) in [6.07, 6.45) is 1.29. The molecule has 0 bridgehead atoms. The number of nitrogens with two attached hydrogens (primary N) is 1. The summed E-state index contributed by atoms with van der Waals surface area (Å²) in [6, 6.07) is 6.48. The standard InChI is InChI=1S/C13H18N6O2S/c1-3-15-12-11(14)13(17-8-16-12)18-19-22(20,21)10-6-4-9(2)5-7-10/h4-8,19H,3,14H2,1-2H3,(H2,15,16,17,18). The Morgan fingerprint density at radius 3 is 2.41 bits per heavy atom. The Kier molecular flexibility index (Phi) is 4.78. The maximum absolute atomic E-state index is 12.2. The topological polar surface area (TPSA) is 122 Å². The highest BCUT2D eigenvalue weighted by atomic mass is 32.2. The molecule has 0 spiro atoms. The minimum absolute atomic E-state index is 0.144. The van der Waals surface area contributed by atoms with E-state index in [2.05, 4.69) is 25.5 Å². The van der Waals surface area contributed by atoms with Crippen molar-refractivity contribution in [2.45, 2.75) is 18.7 Å². The first-order valence-corrected chi connectivity index (χ1v) is 8.11. The number of anilines is 3. The van der Waals surface area contributed by atoms with Gasteiger partial charge in [-0.25, -0.2) is 18.4 Å². The number of aryl methyl sites for hydroxylation is 1. The van der Waals surface area contributed by atoms with Crippen LogP contribution in [0.15, 0.2) is 35.5 Å². The number of nitrogen functional groups attached to an aromatic ring is 1. The van der Waals surface area contributed by atoms with E-state index in [0.29, 0.717) is 12.4 Å². The van der Waals surface area contributed by atoms with Gasteiger partial charge in [-0.2, -0.15) is 0 Å². The highest BCUT2D eigenvalue weighted by Crippen LogP contribution is 2.21. The molecule has 118 valence electrons. The predicted molar refractivity (Wildman–Crippen MR) is 85.7 cm³/mol. The van der Waals surface area contributed by atoms with Gasteiger partial charge in [0.25, 0.3) is 10.0 Å². The number of nitrogens with zero attached hydrogens (tertiary/aromatic N) is 2. The van der Waals surface area contributed by atoms with Gasteiger partial charge in [0.2, 0.25) is 0 Å². The Hall–Kier alpha value is -2.39. The van der Waals surface area contributed by atoms with E-state index >= 15 is 0 Å². The van der Waals surface area contributed by atoms with E-state index < -0.39 is 10.0 Å². The van der Waals surface area contributed by atoms with E-state index in [-0.39, 0.29) is 16.4 Å². The lowest BCUT2D eigenvalue weighted by Gasteiger charge is -2.12. The summed E-state index contributed by atoms with van der Waals surface area (Å²) < 4.78 is 24.3. The molecule has 8 nitrogen and oxygen atoms in total. The average Bonchev–Trinajstić information content (AvgIpc) is 2.49. The van der Waals surface area contributed by atoms with Crippen LogP contribution in [-0.4, -0.2) is 24.9 Å². The number of benzene rings is 1. The van der Waals surface area contributed by atoms with Gasteiger partial charge in [0.15, 0.2) is 11.6 Å². The van der Waals surface area contributed by atoms with Crippen LogP contribution < -0.4 is 21.3 Å². The summed E-state index contributed by atoms with van der Waals surface area (Å²) in [6.45, 7) is 4.41. The molecule has 0 aliphatic rings. The molecule has 9 heteroatoms. The molecule has 2 rings (SSSR count). The van der Waals surface area contributed by atoms with Gasteiger partial charge in [0.05, 0.1) is 4.90 Å². The predicted octanol–water partition coefficient (Wildman–Crippen LogP) is 1.10. The number of hydrogen-bond donors (Lipinski definition) is 4. The van der Waals surface area contributed by atoms with Crippen LogP contribution in [0.5, 0.6) is 0 Å². The number of rotatable bonds is 6. The van der Waals surface area contributed by atoms with E-state index in [0.717, 1.165) is 5.56 Å². The second-order valence-electron chi connectivity index (χ2n) is 4.56. The number of hydrazine groups is 1. The molecule has 0 fully saturated rings. The quantitative estimate of drug-likeness (QED) is 0.587. The monoisotopic (exact) mass is 322 g/mol. The van der Waals surface area contributed by atoms with Crippen molar-refractivity contribution in [3.63, 3.8) is 0 Å². The molecule has 1 aromatic carbocycles. The molecular formula is C13H18N6O2S. The zero-order valence-corrected chi connectivity index (χ0v) is 13.1. The van der Waals surface area contributed by atoms with Gasteiger partial charge in [0.1, 0.15) is 12.0 Å². The Bertz CT molecular complexity index is 746. The van der Waals surface area contributed by atoms with Gasteiger partial charge in [-0.1, -0.05) is 17.7 Å². The average molecular weight is 322 g/mol. The summed E-state index contributed by atoms with van der Waals surface area (Å²) in [7, 11) is -3.71. The van der Waals surface area contributed by atoms with Gasteiger partial charge >= 0.3 is 0 Å². The molecule has 2 aromatic rings. The second kappa shape index (κ2) is 6.58. The van der Waals surface area contributed by atoms with Gasteiger partial charge in [-0.3, -0.25) is 5.43 Å².